The summed E-state index contributed by atoms with van der Waals surface area (Å²) in [6.45, 7) is 0. The van der Waals surface area contributed by atoms with Gasteiger partial charge in [-0.15, -0.1) is 0 Å². The van der Waals surface area contributed by atoms with E-state index in [1.807, 2.05) is 54.6 Å². The summed E-state index contributed by atoms with van der Waals surface area (Å²) in [6, 6.07) is 48.2. The lowest BCUT2D eigenvalue weighted by Crippen LogP contribution is -1.96. The normalized spacial score (nSPS) is 11.3. The highest BCUT2D eigenvalue weighted by Gasteiger charge is 2.18. The molecule has 0 spiro atoms. The monoisotopic (exact) mass is 536 g/mol. The largest absolute Gasteiger partial charge is 0.244 e. The van der Waals surface area contributed by atoms with Gasteiger partial charge in [-0.05, 0) is 56.9 Å². The van der Waals surface area contributed by atoms with Gasteiger partial charge in [0.2, 0.25) is 0 Å². The highest BCUT2D eigenvalue weighted by Crippen LogP contribution is 2.43. The molecule has 4 nitrogen and oxygen atoms in total. The third-order valence-electron chi connectivity index (χ3n) is 7.82. The highest BCUT2D eigenvalue weighted by atomic mass is 15.1. The second-order valence-electron chi connectivity index (χ2n) is 10.3. The van der Waals surface area contributed by atoms with Gasteiger partial charge in [0.25, 0.3) is 0 Å². The van der Waals surface area contributed by atoms with E-state index in [-0.39, 0.29) is 0 Å². The number of para-hydroxylation sites is 2. The van der Waals surface area contributed by atoms with Crippen LogP contribution in [0.25, 0.3) is 77.5 Å². The number of nitrogens with zero attached hydrogens (tertiary/aromatic N) is 4. The molecule has 0 saturated carbocycles. The Kier molecular flexibility index (Phi) is 5.75. The van der Waals surface area contributed by atoms with Crippen LogP contribution in [0.3, 0.4) is 0 Å². The molecule has 0 amide bonds. The lowest BCUT2D eigenvalue weighted by Gasteiger charge is -2.17. The summed E-state index contributed by atoms with van der Waals surface area (Å²) < 4.78 is 0. The van der Waals surface area contributed by atoms with Crippen molar-refractivity contribution >= 4 is 32.6 Å². The maximum absolute atomic E-state index is 5.09. The van der Waals surface area contributed by atoms with E-state index in [0.717, 1.165) is 61.1 Å². The zero-order valence-electron chi connectivity index (χ0n) is 22.6. The van der Waals surface area contributed by atoms with Crippen LogP contribution in [-0.4, -0.2) is 20.2 Å². The third kappa shape index (κ3) is 4.01. The van der Waals surface area contributed by atoms with Crippen LogP contribution in [0.1, 0.15) is 0 Å². The van der Waals surface area contributed by atoms with Gasteiger partial charge in [-0.2, -0.15) is 10.2 Å². The summed E-state index contributed by atoms with van der Waals surface area (Å²) in [4.78, 5) is 10.1. The predicted molar refractivity (Wildman–Crippen MR) is 172 cm³/mol. The van der Waals surface area contributed by atoms with E-state index < -0.39 is 0 Å². The van der Waals surface area contributed by atoms with Gasteiger partial charge in [-0.1, -0.05) is 115 Å². The minimum absolute atomic E-state index is 0.870. The molecule has 0 aliphatic heterocycles. The molecule has 8 rings (SSSR count). The van der Waals surface area contributed by atoms with E-state index >= 15 is 0 Å². The van der Waals surface area contributed by atoms with Crippen LogP contribution in [0.4, 0.5) is 0 Å². The molecule has 0 aliphatic rings. The van der Waals surface area contributed by atoms with Gasteiger partial charge < -0.3 is 0 Å². The van der Waals surface area contributed by atoms with E-state index in [0.29, 0.717) is 0 Å². The number of rotatable bonds is 4. The van der Waals surface area contributed by atoms with Crippen molar-refractivity contribution in [2.24, 2.45) is 0 Å². The van der Waals surface area contributed by atoms with Gasteiger partial charge in [0, 0.05) is 22.9 Å². The molecule has 0 unspecified atom stereocenters. The van der Waals surface area contributed by atoms with Crippen LogP contribution < -0.4 is 0 Å². The Morgan fingerprint density at radius 1 is 0.357 bits per heavy atom. The van der Waals surface area contributed by atoms with Gasteiger partial charge in [0.1, 0.15) is 0 Å². The summed E-state index contributed by atoms with van der Waals surface area (Å²) in [6.07, 6.45) is 1.72. The first-order valence-electron chi connectivity index (χ1n) is 14.0. The summed E-state index contributed by atoms with van der Waals surface area (Å²) in [5, 5.41) is 13.3. The van der Waals surface area contributed by atoms with E-state index in [4.69, 9.17) is 9.97 Å². The van der Waals surface area contributed by atoms with Crippen molar-refractivity contribution in [3.05, 3.63) is 146 Å². The fourth-order valence-electron chi connectivity index (χ4n) is 5.94. The van der Waals surface area contributed by atoms with Crippen LogP contribution in [0.2, 0.25) is 0 Å². The van der Waals surface area contributed by atoms with Crippen LogP contribution in [0, 0.1) is 0 Å². The standard InChI is InChI=1S/C38H24N4/c1-2-11-26(12-3-1)37-38(41-33-18-9-8-17-32(33)40-37)27-22-20-25(21-23-27)35-28-13-4-6-15-30(28)36(34-19-10-24-39-42-34)31-16-7-5-14-29(31)35/h1-24H. The van der Waals surface area contributed by atoms with Crippen molar-refractivity contribution in [3.63, 3.8) is 0 Å². The molecule has 196 valence electrons. The molecule has 0 saturated heterocycles. The van der Waals surface area contributed by atoms with E-state index in [2.05, 4.69) is 95.1 Å². The molecule has 4 heteroatoms. The topological polar surface area (TPSA) is 51.6 Å². The Balaban J connectivity index is 1.34. The van der Waals surface area contributed by atoms with Crippen molar-refractivity contribution in [2.75, 3.05) is 0 Å². The summed E-state index contributed by atoms with van der Waals surface area (Å²) in [5.41, 5.74) is 9.92. The number of benzene rings is 6. The maximum Gasteiger partial charge on any atom is 0.0973 e. The molecule has 0 aliphatic carbocycles. The number of fused-ring (bicyclic) bond motifs is 3. The first-order chi connectivity index (χ1) is 20.8. The Bertz CT molecular complexity index is 2170. The molecular weight excluding hydrogens is 512 g/mol. The molecule has 0 N–H and O–H groups in total. The fraction of sp³-hybridized carbons (Fsp3) is 0. The molecule has 2 heterocycles. The fourth-order valence-corrected chi connectivity index (χ4v) is 5.94. The van der Waals surface area contributed by atoms with Crippen LogP contribution in [0.5, 0.6) is 0 Å². The average Bonchev–Trinajstić information content (AvgIpc) is 3.07. The van der Waals surface area contributed by atoms with Gasteiger partial charge >= 0.3 is 0 Å². The molecule has 2 aromatic heterocycles. The minimum Gasteiger partial charge on any atom is -0.244 e. The smallest absolute Gasteiger partial charge is 0.0973 e. The van der Waals surface area contributed by atoms with Crippen LogP contribution >= 0.6 is 0 Å². The molecule has 0 radical (unpaired) electrons. The van der Waals surface area contributed by atoms with Crippen LogP contribution in [-0.2, 0) is 0 Å². The van der Waals surface area contributed by atoms with Gasteiger partial charge in [0.15, 0.2) is 0 Å². The van der Waals surface area contributed by atoms with Crippen LogP contribution in [0.15, 0.2) is 146 Å². The molecule has 0 atom stereocenters. The SMILES string of the molecule is c1ccc(-c2nc3ccccc3nc2-c2ccc(-c3c4ccccc4c(-c4cccnn4)c4ccccc34)cc2)cc1. The van der Waals surface area contributed by atoms with Gasteiger partial charge in [0.05, 0.1) is 28.1 Å². The highest BCUT2D eigenvalue weighted by molar-refractivity contribution is 6.21. The second kappa shape index (κ2) is 10.0. The van der Waals surface area contributed by atoms with Crippen molar-refractivity contribution in [3.8, 4) is 44.9 Å². The van der Waals surface area contributed by atoms with Crippen molar-refractivity contribution in [1.82, 2.24) is 20.2 Å². The zero-order valence-corrected chi connectivity index (χ0v) is 22.6. The summed E-state index contributed by atoms with van der Waals surface area (Å²) in [7, 11) is 0. The lowest BCUT2D eigenvalue weighted by molar-refractivity contribution is 1.04. The molecule has 0 fully saturated rings. The van der Waals surface area contributed by atoms with Crippen molar-refractivity contribution in [2.45, 2.75) is 0 Å². The summed E-state index contributed by atoms with van der Waals surface area (Å²) in [5.74, 6) is 0. The zero-order chi connectivity index (χ0) is 27.9. The molecular formula is C38H24N4. The Morgan fingerprint density at radius 3 is 1.38 bits per heavy atom. The van der Waals surface area contributed by atoms with E-state index in [9.17, 15) is 0 Å². The molecule has 8 aromatic rings. The van der Waals surface area contributed by atoms with Gasteiger partial charge in [-0.25, -0.2) is 9.97 Å². The number of hydrogen-bond donors (Lipinski definition) is 0. The molecule has 6 aromatic carbocycles. The Hall–Kier alpha value is -5.74. The predicted octanol–water partition coefficient (Wildman–Crippen LogP) is 9.39. The first-order valence-corrected chi connectivity index (χ1v) is 14.0. The maximum atomic E-state index is 5.09. The molecule has 0 bridgehead atoms. The third-order valence-corrected chi connectivity index (χ3v) is 7.82. The second-order valence-corrected chi connectivity index (χ2v) is 10.3. The molecule has 42 heavy (non-hydrogen) atoms. The number of aromatic nitrogens is 4. The minimum atomic E-state index is 0.870. The van der Waals surface area contributed by atoms with Crippen molar-refractivity contribution < 1.29 is 0 Å². The average molecular weight is 537 g/mol. The van der Waals surface area contributed by atoms with Gasteiger partial charge in [-0.3, -0.25) is 0 Å². The number of hydrogen-bond acceptors (Lipinski definition) is 4. The van der Waals surface area contributed by atoms with E-state index in [1.54, 1.807) is 6.20 Å². The Labute approximate surface area is 243 Å². The quantitative estimate of drug-likeness (QED) is 0.210. The first kappa shape index (κ1) is 24.1. The van der Waals surface area contributed by atoms with E-state index in [1.165, 1.54) is 16.3 Å². The van der Waals surface area contributed by atoms with Crippen molar-refractivity contribution in [1.29, 1.82) is 0 Å². The lowest BCUT2D eigenvalue weighted by atomic mass is 9.87. The summed E-state index contributed by atoms with van der Waals surface area (Å²) >= 11 is 0. The Morgan fingerprint density at radius 2 is 0.833 bits per heavy atom.